The number of hydrogen-bond donors (Lipinski definition) is 2. The Morgan fingerprint density at radius 1 is 1.62 bits per heavy atom. The molecule has 0 unspecified atom stereocenters. The van der Waals surface area contributed by atoms with E-state index in [1.807, 2.05) is 6.92 Å². The molecule has 1 atom stereocenters. The Hall–Kier alpha value is -0.870. The highest BCUT2D eigenvalue weighted by Crippen LogP contribution is 2.08. The predicted octanol–water partition coefficient (Wildman–Crippen LogP) is 1.31. The second kappa shape index (κ2) is 4.99. The minimum absolute atomic E-state index is 0.00719. The number of aromatic nitrogens is 2. The molecule has 0 aromatic carbocycles. The molecule has 1 aromatic heterocycles. The molecule has 0 saturated heterocycles. The average molecular weight is 202 g/mol. The van der Waals surface area contributed by atoms with Crippen molar-refractivity contribution in [3.05, 3.63) is 17.5 Å². The van der Waals surface area contributed by atoms with Gasteiger partial charge in [0, 0.05) is 0 Å². The van der Waals surface area contributed by atoms with Crippen LogP contribution >= 0.6 is 11.6 Å². The molecule has 0 fully saturated rings. The van der Waals surface area contributed by atoms with Crippen molar-refractivity contribution in [3.8, 4) is 0 Å². The lowest BCUT2D eigenvalue weighted by Gasteiger charge is -2.13. The van der Waals surface area contributed by atoms with Gasteiger partial charge in [-0.25, -0.2) is 4.98 Å². The summed E-state index contributed by atoms with van der Waals surface area (Å²) in [4.78, 5) is 7.86. The van der Waals surface area contributed by atoms with Crippen molar-refractivity contribution in [1.82, 2.24) is 9.97 Å². The van der Waals surface area contributed by atoms with E-state index >= 15 is 0 Å². The van der Waals surface area contributed by atoms with Crippen LogP contribution in [-0.4, -0.2) is 27.7 Å². The summed E-state index contributed by atoms with van der Waals surface area (Å²) in [5, 5.41) is 12.3. The van der Waals surface area contributed by atoms with E-state index in [2.05, 4.69) is 15.3 Å². The standard InChI is InChI=1S/C8H12ClN3O/c1-2-6(5-13)11-8-4-10-3-7(9)12-8/h3-4,6,13H,2,5H2,1H3,(H,11,12)/t6-/m1/s1. The van der Waals surface area contributed by atoms with Gasteiger partial charge in [0.05, 0.1) is 25.0 Å². The maximum absolute atomic E-state index is 8.91. The number of rotatable bonds is 4. The third-order valence-electron chi connectivity index (χ3n) is 1.67. The fourth-order valence-electron chi connectivity index (χ4n) is 0.898. The highest BCUT2D eigenvalue weighted by atomic mass is 35.5. The lowest BCUT2D eigenvalue weighted by molar-refractivity contribution is 0.271. The summed E-state index contributed by atoms with van der Waals surface area (Å²) in [6, 6.07) is 0.00719. The zero-order chi connectivity index (χ0) is 9.68. The highest BCUT2D eigenvalue weighted by Gasteiger charge is 2.04. The molecule has 0 amide bonds. The number of hydrogen-bond acceptors (Lipinski definition) is 4. The first-order valence-corrected chi connectivity index (χ1v) is 4.49. The zero-order valence-electron chi connectivity index (χ0n) is 7.37. The van der Waals surface area contributed by atoms with Gasteiger partial charge in [-0.3, -0.25) is 4.98 Å². The Balaban J connectivity index is 2.62. The van der Waals surface area contributed by atoms with Crippen LogP contribution in [-0.2, 0) is 0 Å². The summed E-state index contributed by atoms with van der Waals surface area (Å²) in [6.07, 6.45) is 3.86. The van der Waals surface area contributed by atoms with Crippen LogP contribution in [0.1, 0.15) is 13.3 Å². The first-order valence-electron chi connectivity index (χ1n) is 4.11. The monoisotopic (exact) mass is 201 g/mol. The molecule has 2 N–H and O–H groups in total. The van der Waals surface area contributed by atoms with Gasteiger partial charge in [0.2, 0.25) is 0 Å². The molecular formula is C8H12ClN3O. The molecule has 5 heteroatoms. The molecule has 72 valence electrons. The van der Waals surface area contributed by atoms with Gasteiger partial charge in [0.25, 0.3) is 0 Å². The Labute approximate surface area is 82.0 Å². The summed E-state index contributed by atoms with van der Waals surface area (Å²) < 4.78 is 0. The van der Waals surface area contributed by atoms with Gasteiger partial charge >= 0.3 is 0 Å². The van der Waals surface area contributed by atoms with E-state index in [-0.39, 0.29) is 12.6 Å². The van der Waals surface area contributed by atoms with Crippen molar-refractivity contribution in [2.24, 2.45) is 0 Å². The predicted molar refractivity (Wildman–Crippen MR) is 51.8 cm³/mol. The topological polar surface area (TPSA) is 58.0 Å². The maximum atomic E-state index is 8.91. The largest absolute Gasteiger partial charge is 0.394 e. The van der Waals surface area contributed by atoms with E-state index in [0.717, 1.165) is 6.42 Å². The lowest BCUT2D eigenvalue weighted by Crippen LogP contribution is -2.23. The molecule has 4 nitrogen and oxygen atoms in total. The Morgan fingerprint density at radius 2 is 2.38 bits per heavy atom. The van der Waals surface area contributed by atoms with Gasteiger partial charge in [-0.1, -0.05) is 18.5 Å². The quantitative estimate of drug-likeness (QED) is 0.772. The van der Waals surface area contributed by atoms with E-state index in [9.17, 15) is 0 Å². The van der Waals surface area contributed by atoms with Gasteiger partial charge in [-0.2, -0.15) is 0 Å². The van der Waals surface area contributed by atoms with Gasteiger partial charge in [0.1, 0.15) is 11.0 Å². The maximum Gasteiger partial charge on any atom is 0.149 e. The van der Waals surface area contributed by atoms with Gasteiger partial charge < -0.3 is 10.4 Å². The Kier molecular flexibility index (Phi) is 3.92. The minimum atomic E-state index is 0.00719. The molecule has 1 aromatic rings. The van der Waals surface area contributed by atoms with Crippen LogP contribution in [0.15, 0.2) is 12.4 Å². The van der Waals surface area contributed by atoms with E-state index < -0.39 is 0 Å². The van der Waals surface area contributed by atoms with Crippen molar-refractivity contribution in [1.29, 1.82) is 0 Å². The minimum Gasteiger partial charge on any atom is -0.394 e. The normalized spacial score (nSPS) is 12.5. The molecule has 0 saturated carbocycles. The van der Waals surface area contributed by atoms with Crippen molar-refractivity contribution >= 4 is 17.4 Å². The summed E-state index contributed by atoms with van der Waals surface area (Å²) >= 11 is 5.64. The van der Waals surface area contributed by atoms with Crippen molar-refractivity contribution in [3.63, 3.8) is 0 Å². The second-order valence-electron chi connectivity index (χ2n) is 2.66. The molecule has 1 rings (SSSR count). The molecule has 0 aliphatic heterocycles. The van der Waals surface area contributed by atoms with Crippen molar-refractivity contribution in [2.75, 3.05) is 11.9 Å². The van der Waals surface area contributed by atoms with Crippen LogP contribution in [0, 0.1) is 0 Å². The van der Waals surface area contributed by atoms with Crippen LogP contribution in [0.3, 0.4) is 0 Å². The van der Waals surface area contributed by atoms with Crippen molar-refractivity contribution < 1.29 is 5.11 Å². The van der Waals surface area contributed by atoms with Gasteiger partial charge in [-0.05, 0) is 6.42 Å². The molecule has 0 radical (unpaired) electrons. The highest BCUT2D eigenvalue weighted by molar-refractivity contribution is 6.29. The number of nitrogens with one attached hydrogen (secondary N) is 1. The van der Waals surface area contributed by atoms with Gasteiger partial charge in [0.15, 0.2) is 0 Å². The number of aliphatic hydroxyl groups is 1. The molecule has 0 aliphatic rings. The zero-order valence-corrected chi connectivity index (χ0v) is 8.12. The lowest BCUT2D eigenvalue weighted by atomic mass is 10.2. The van der Waals surface area contributed by atoms with E-state index in [1.54, 1.807) is 6.20 Å². The molecule has 0 aliphatic carbocycles. The Morgan fingerprint density at radius 3 is 2.92 bits per heavy atom. The number of nitrogens with zero attached hydrogens (tertiary/aromatic N) is 2. The molecule has 1 heterocycles. The number of anilines is 1. The first kappa shape index (κ1) is 10.2. The number of aliphatic hydroxyl groups excluding tert-OH is 1. The number of halogens is 1. The van der Waals surface area contributed by atoms with Crippen LogP contribution < -0.4 is 5.32 Å². The SMILES string of the molecule is CC[C@H](CO)Nc1cncc(Cl)n1. The third kappa shape index (κ3) is 3.16. The van der Waals surface area contributed by atoms with E-state index in [4.69, 9.17) is 16.7 Å². The first-order chi connectivity index (χ1) is 6.26. The molecular weight excluding hydrogens is 190 g/mol. The molecule has 13 heavy (non-hydrogen) atoms. The van der Waals surface area contributed by atoms with Crippen LogP contribution in [0.4, 0.5) is 5.82 Å². The summed E-state index contributed by atoms with van der Waals surface area (Å²) in [7, 11) is 0. The molecule has 0 spiro atoms. The van der Waals surface area contributed by atoms with Crippen LogP contribution in [0.25, 0.3) is 0 Å². The second-order valence-corrected chi connectivity index (χ2v) is 3.05. The fraction of sp³-hybridized carbons (Fsp3) is 0.500. The summed E-state index contributed by atoms with van der Waals surface area (Å²) in [5.74, 6) is 0.591. The summed E-state index contributed by atoms with van der Waals surface area (Å²) in [6.45, 7) is 2.05. The Bertz CT molecular complexity index is 265. The average Bonchev–Trinajstić information content (AvgIpc) is 2.14. The third-order valence-corrected chi connectivity index (χ3v) is 1.85. The molecule has 0 bridgehead atoms. The summed E-state index contributed by atoms with van der Waals surface area (Å²) in [5.41, 5.74) is 0. The van der Waals surface area contributed by atoms with Crippen molar-refractivity contribution in [2.45, 2.75) is 19.4 Å². The van der Waals surface area contributed by atoms with E-state index in [0.29, 0.717) is 11.0 Å². The fourth-order valence-corrected chi connectivity index (χ4v) is 1.05. The van der Waals surface area contributed by atoms with Gasteiger partial charge in [-0.15, -0.1) is 0 Å². The smallest absolute Gasteiger partial charge is 0.149 e. The van der Waals surface area contributed by atoms with E-state index in [1.165, 1.54) is 6.20 Å². The van der Waals surface area contributed by atoms with Crippen LogP contribution in [0.2, 0.25) is 5.15 Å². The van der Waals surface area contributed by atoms with Crippen LogP contribution in [0.5, 0.6) is 0 Å².